The summed E-state index contributed by atoms with van der Waals surface area (Å²) in [6, 6.07) is 2.65. The molecule has 2 rings (SSSR count). The van der Waals surface area contributed by atoms with E-state index in [9.17, 15) is 13.2 Å². The predicted octanol–water partition coefficient (Wildman–Crippen LogP) is 0.856. The van der Waals surface area contributed by atoms with Crippen molar-refractivity contribution in [3.8, 4) is 0 Å². The highest BCUT2D eigenvalue weighted by Crippen LogP contribution is 2.26. The Bertz CT molecular complexity index is 550. The number of hydrogen-bond acceptors (Lipinski definition) is 5. The maximum absolute atomic E-state index is 12.3. The summed E-state index contributed by atoms with van der Waals surface area (Å²) < 4.78 is 31.2. The van der Waals surface area contributed by atoms with E-state index in [1.807, 2.05) is 0 Å². The number of nitrogens with zero attached hydrogens (tertiary/aromatic N) is 1. The minimum Gasteiger partial charge on any atom is -0.477 e. The highest BCUT2D eigenvalue weighted by molar-refractivity contribution is 7.91. The number of morpholine rings is 1. The van der Waals surface area contributed by atoms with Crippen molar-refractivity contribution in [1.29, 1.82) is 0 Å². The molecule has 0 aromatic carbocycles. The molecule has 0 radical (unpaired) electrons. The van der Waals surface area contributed by atoms with E-state index >= 15 is 0 Å². The van der Waals surface area contributed by atoms with Gasteiger partial charge in [0.25, 0.3) is 10.0 Å². The lowest BCUT2D eigenvalue weighted by Gasteiger charge is -2.29. The van der Waals surface area contributed by atoms with Crippen molar-refractivity contribution in [2.75, 3.05) is 19.7 Å². The molecule has 1 saturated heterocycles. The lowest BCUT2D eigenvalue weighted by molar-refractivity contribution is 0.0102. The van der Waals surface area contributed by atoms with Gasteiger partial charge in [0.2, 0.25) is 0 Å². The van der Waals surface area contributed by atoms with Gasteiger partial charge in [0.1, 0.15) is 9.09 Å². The minimum atomic E-state index is -3.60. The first-order valence-corrected chi connectivity index (χ1v) is 7.62. The molecule has 1 aliphatic rings. The molecule has 0 aliphatic carbocycles. The Kier molecular flexibility index (Phi) is 3.71. The number of ether oxygens (including phenoxy) is 1. The summed E-state index contributed by atoms with van der Waals surface area (Å²) in [4.78, 5) is 10.8. The summed E-state index contributed by atoms with van der Waals surface area (Å²) in [6.07, 6.45) is -0.146. The second-order valence-corrected chi connectivity index (χ2v) is 7.22. The largest absolute Gasteiger partial charge is 0.477 e. The second-order valence-electron chi connectivity index (χ2n) is 3.97. The predicted molar refractivity (Wildman–Crippen MR) is 65.5 cm³/mol. The van der Waals surface area contributed by atoms with E-state index in [2.05, 4.69) is 0 Å². The Hall–Kier alpha value is -0.960. The number of carboxylic acid groups (broad SMARTS) is 1. The van der Waals surface area contributed by atoms with Crippen LogP contribution in [0.4, 0.5) is 0 Å². The molecule has 1 unspecified atom stereocenters. The van der Waals surface area contributed by atoms with Gasteiger partial charge in [-0.25, -0.2) is 13.2 Å². The molecule has 8 heteroatoms. The van der Waals surface area contributed by atoms with Crippen molar-refractivity contribution in [2.45, 2.75) is 17.2 Å². The second kappa shape index (κ2) is 4.96. The van der Waals surface area contributed by atoms with E-state index in [0.717, 1.165) is 11.3 Å². The molecule has 1 N–H and O–H groups in total. The van der Waals surface area contributed by atoms with Gasteiger partial charge in [-0.15, -0.1) is 11.3 Å². The van der Waals surface area contributed by atoms with Gasteiger partial charge in [-0.1, -0.05) is 0 Å². The number of sulfonamides is 1. The van der Waals surface area contributed by atoms with Gasteiger partial charge in [0.05, 0.1) is 12.7 Å². The van der Waals surface area contributed by atoms with E-state index in [1.54, 1.807) is 6.92 Å². The zero-order valence-electron chi connectivity index (χ0n) is 9.70. The van der Waals surface area contributed by atoms with Gasteiger partial charge in [-0.3, -0.25) is 0 Å². The third-order valence-electron chi connectivity index (χ3n) is 2.59. The van der Waals surface area contributed by atoms with Gasteiger partial charge in [-0.05, 0) is 19.1 Å². The monoisotopic (exact) mass is 291 g/mol. The van der Waals surface area contributed by atoms with Crippen molar-refractivity contribution < 1.29 is 23.1 Å². The number of carboxylic acids is 1. The Balaban J connectivity index is 2.26. The number of thiophene rings is 1. The van der Waals surface area contributed by atoms with E-state index in [1.165, 1.54) is 16.4 Å². The molecule has 1 atom stereocenters. The average Bonchev–Trinajstić information content (AvgIpc) is 2.79. The molecule has 2 heterocycles. The molecule has 18 heavy (non-hydrogen) atoms. The van der Waals surface area contributed by atoms with Crippen LogP contribution in [0.2, 0.25) is 0 Å². The number of aromatic carboxylic acids is 1. The number of carbonyl (C=O) groups is 1. The molecule has 0 amide bonds. The van der Waals surface area contributed by atoms with Crippen LogP contribution in [0.1, 0.15) is 16.6 Å². The van der Waals surface area contributed by atoms with E-state index < -0.39 is 16.0 Å². The van der Waals surface area contributed by atoms with E-state index in [-0.39, 0.29) is 15.2 Å². The molecule has 6 nitrogen and oxygen atoms in total. The van der Waals surface area contributed by atoms with Crippen molar-refractivity contribution in [1.82, 2.24) is 4.31 Å². The molecular weight excluding hydrogens is 278 g/mol. The highest BCUT2D eigenvalue weighted by atomic mass is 32.2. The number of hydrogen-bond donors (Lipinski definition) is 1. The lowest BCUT2D eigenvalue weighted by Crippen LogP contribution is -2.44. The van der Waals surface area contributed by atoms with Gasteiger partial charge in [0, 0.05) is 13.1 Å². The SMILES string of the molecule is CC1CN(S(=O)(=O)c2ccc(C(=O)O)s2)CCO1. The topological polar surface area (TPSA) is 83.9 Å². The maximum Gasteiger partial charge on any atom is 0.345 e. The van der Waals surface area contributed by atoms with Crippen molar-refractivity contribution in [3.63, 3.8) is 0 Å². The third kappa shape index (κ3) is 2.56. The third-order valence-corrected chi connectivity index (χ3v) is 6.00. The zero-order chi connectivity index (χ0) is 13.3. The van der Waals surface area contributed by atoms with Crippen LogP contribution in [0.15, 0.2) is 16.3 Å². The smallest absolute Gasteiger partial charge is 0.345 e. The van der Waals surface area contributed by atoms with Crippen molar-refractivity contribution in [2.24, 2.45) is 0 Å². The Morgan fingerprint density at radius 3 is 2.83 bits per heavy atom. The van der Waals surface area contributed by atoms with E-state index in [0.29, 0.717) is 19.7 Å². The van der Waals surface area contributed by atoms with E-state index in [4.69, 9.17) is 9.84 Å². The highest BCUT2D eigenvalue weighted by Gasteiger charge is 2.30. The Labute approximate surface area is 109 Å². The van der Waals surface area contributed by atoms with Crippen molar-refractivity contribution >= 4 is 27.3 Å². The lowest BCUT2D eigenvalue weighted by atomic mass is 10.3. The Morgan fingerprint density at radius 2 is 2.28 bits per heavy atom. The summed E-state index contributed by atoms with van der Waals surface area (Å²) in [7, 11) is -3.60. The fourth-order valence-electron chi connectivity index (χ4n) is 1.71. The summed E-state index contributed by atoms with van der Waals surface area (Å²) in [6.45, 7) is 2.76. The van der Waals surface area contributed by atoms with Crippen LogP contribution in [-0.4, -0.2) is 49.6 Å². The van der Waals surface area contributed by atoms with Gasteiger partial charge in [-0.2, -0.15) is 4.31 Å². The Morgan fingerprint density at radius 1 is 1.56 bits per heavy atom. The molecule has 1 aromatic heterocycles. The van der Waals surface area contributed by atoms with Crippen LogP contribution in [0, 0.1) is 0 Å². The molecule has 1 aliphatic heterocycles. The standard InChI is InChI=1S/C10H13NO5S2/c1-7-6-11(4-5-16-7)18(14,15)9-3-2-8(17-9)10(12)13/h2-3,7H,4-6H2,1H3,(H,12,13). The maximum atomic E-state index is 12.3. The van der Waals surface area contributed by atoms with Crippen LogP contribution in [0.25, 0.3) is 0 Å². The molecule has 0 spiro atoms. The molecule has 1 fully saturated rings. The molecule has 0 bridgehead atoms. The number of rotatable bonds is 3. The first kappa shape index (κ1) is 13.5. The zero-order valence-corrected chi connectivity index (χ0v) is 11.3. The fraction of sp³-hybridized carbons (Fsp3) is 0.500. The van der Waals surface area contributed by atoms with Crippen LogP contribution in [-0.2, 0) is 14.8 Å². The van der Waals surface area contributed by atoms with Gasteiger partial charge < -0.3 is 9.84 Å². The summed E-state index contributed by atoms with van der Waals surface area (Å²) in [5.74, 6) is -1.11. The average molecular weight is 291 g/mol. The fourth-order valence-corrected chi connectivity index (χ4v) is 4.50. The van der Waals surface area contributed by atoms with Gasteiger partial charge >= 0.3 is 5.97 Å². The van der Waals surface area contributed by atoms with Crippen LogP contribution < -0.4 is 0 Å². The first-order valence-electron chi connectivity index (χ1n) is 5.36. The van der Waals surface area contributed by atoms with Crippen molar-refractivity contribution in [3.05, 3.63) is 17.0 Å². The summed E-state index contributed by atoms with van der Waals surface area (Å²) in [5.41, 5.74) is 0. The molecule has 1 aromatic rings. The minimum absolute atomic E-state index is 0.0230. The molecular formula is C10H13NO5S2. The quantitative estimate of drug-likeness (QED) is 0.892. The molecule has 100 valence electrons. The van der Waals surface area contributed by atoms with Gasteiger partial charge in [0.15, 0.2) is 0 Å². The summed E-state index contributed by atoms with van der Waals surface area (Å²) >= 11 is 0.773. The normalized spacial score (nSPS) is 21.9. The van der Waals surface area contributed by atoms with Crippen LogP contribution in [0.3, 0.4) is 0 Å². The molecule has 0 saturated carbocycles. The first-order chi connectivity index (χ1) is 8.41. The van der Waals surface area contributed by atoms with Crippen LogP contribution >= 0.6 is 11.3 Å². The summed E-state index contributed by atoms with van der Waals surface area (Å²) in [5, 5.41) is 8.80. The van der Waals surface area contributed by atoms with Crippen LogP contribution in [0.5, 0.6) is 0 Å².